The van der Waals surface area contributed by atoms with Crippen molar-refractivity contribution < 1.29 is 9.53 Å². The number of hydrogen-bond acceptors (Lipinski definition) is 3. The quantitative estimate of drug-likeness (QED) is 0.701. The zero-order chi connectivity index (χ0) is 19.5. The van der Waals surface area contributed by atoms with Crippen LogP contribution in [0.15, 0.2) is 54.6 Å². The Morgan fingerprint density at radius 2 is 1.89 bits per heavy atom. The predicted octanol–water partition coefficient (Wildman–Crippen LogP) is 4.25. The van der Waals surface area contributed by atoms with E-state index in [4.69, 9.17) is 4.74 Å². The number of carbonyl (C=O) groups excluding carboxylic acids is 1. The monoisotopic (exact) mass is 375 g/mol. The maximum absolute atomic E-state index is 13.0. The number of benzene rings is 2. The van der Waals surface area contributed by atoms with Crippen LogP contribution in [-0.2, 0) is 12.8 Å². The van der Waals surface area contributed by atoms with Gasteiger partial charge >= 0.3 is 0 Å². The summed E-state index contributed by atoms with van der Waals surface area (Å²) < 4.78 is 7.42. The lowest BCUT2D eigenvalue weighted by atomic mass is 10.1. The molecule has 1 amide bonds. The predicted molar refractivity (Wildman–Crippen MR) is 109 cm³/mol. The van der Waals surface area contributed by atoms with Crippen LogP contribution in [-0.4, -0.2) is 22.3 Å². The third-order valence-corrected chi connectivity index (χ3v) is 5.18. The molecular weight excluding hydrogens is 350 g/mol. The lowest BCUT2D eigenvalue weighted by Gasteiger charge is -2.14. The highest BCUT2D eigenvalue weighted by atomic mass is 16.5. The smallest absolute Gasteiger partial charge is 0.272 e. The molecule has 0 unspecified atom stereocenters. The van der Waals surface area contributed by atoms with E-state index < -0.39 is 0 Å². The summed E-state index contributed by atoms with van der Waals surface area (Å²) in [6.45, 7) is 4.59. The van der Waals surface area contributed by atoms with Gasteiger partial charge in [0, 0.05) is 11.3 Å². The van der Waals surface area contributed by atoms with Gasteiger partial charge < -0.3 is 10.1 Å². The highest BCUT2D eigenvalue weighted by Gasteiger charge is 2.27. The summed E-state index contributed by atoms with van der Waals surface area (Å²) in [6, 6.07) is 17.8. The second kappa shape index (κ2) is 7.89. The zero-order valence-electron chi connectivity index (χ0n) is 16.3. The Morgan fingerprint density at radius 1 is 1.14 bits per heavy atom. The van der Waals surface area contributed by atoms with Crippen molar-refractivity contribution in [1.82, 2.24) is 15.1 Å². The first-order valence-electron chi connectivity index (χ1n) is 9.87. The fraction of sp³-hybridized carbons (Fsp3) is 0.304. The van der Waals surface area contributed by atoms with Gasteiger partial charge in [0.1, 0.15) is 5.75 Å². The molecule has 0 bridgehead atoms. The molecule has 0 saturated heterocycles. The molecule has 0 fully saturated rings. The van der Waals surface area contributed by atoms with Crippen LogP contribution in [0.2, 0.25) is 0 Å². The van der Waals surface area contributed by atoms with Crippen LogP contribution >= 0.6 is 0 Å². The SMILES string of the molecule is CCOc1ccc([C@H](C)NC(=O)c2nn(-c3ccccc3)c3c2CCC3)cc1. The zero-order valence-corrected chi connectivity index (χ0v) is 16.3. The number of para-hydroxylation sites is 1. The third kappa shape index (κ3) is 3.52. The molecule has 1 aliphatic carbocycles. The van der Waals surface area contributed by atoms with Crippen molar-refractivity contribution in [2.24, 2.45) is 0 Å². The summed E-state index contributed by atoms with van der Waals surface area (Å²) >= 11 is 0. The number of rotatable bonds is 6. The van der Waals surface area contributed by atoms with Crippen LogP contribution < -0.4 is 10.1 Å². The van der Waals surface area contributed by atoms with Gasteiger partial charge in [-0.05, 0) is 62.9 Å². The summed E-state index contributed by atoms with van der Waals surface area (Å²) in [5, 5.41) is 7.77. The minimum atomic E-state index is -0.116. The second-order valence-corrected chi connectivity index (χ2v) is 7.07. The van der Waals surface area contributed by atoms with E-state index in [-0.39, 0.29) is 11.9 Å². The molecule has 3 aromatic rings. The van der Waals surface area contributed by atoms with Gasteiger partial charge in [0.25, 0.3) is 5.91 Å². The van der Waals surface area contributed by atoms with Crippen LogP contribution in [0.4, 0.5) is 0 Å². The molecule has 1 aliphatic rings. The van der Waals surface area contributed by atoms with Gasteiger partial charge in [-0.2, -0.15) is 5.10 Å². The largest absolute Gasteiger partial charge is 0.494 e. The number of nitrogens with one attached hydrogen (secondary N) is 1. The molecule has 1 N–H and O–H groups in total. The Balaban J connectivity index is 1.55. The topological polar surface area (TPSA) is 56.1 Å². The first-order chi connectivity index (χ1) is 13.7. The van der Waals surface area contributed by atoms with Crippen molar-refractivity contribution >= 4 is 5.91 Å². The van der Waals surface area contributed by atoms with E-state index in [2.05, 4.69) is 10.4 Å². The van der Waals surface area contributed by atoms with E-state index in [1.54, 1.807) is 0 Å². The van der Waals surface area contributed by atoms with Crippen LogP contribution in [0, 0.1) is 0 Å². The molecule has 5 nitrogen and oxygen atoms in total. The van der Waals surface area contributed by atoms with Crippen molar-refractivity contribution in [3.63, 3.8) is 0 Å². The summed E-state index contributed by atoms with van der Waals surface area (Å²) in [5.41, 5.74) is 4.83. The molecule has 1 heterocycles. The van der Waals surface area contributed by atoms with Gasteiger partial charge in [-0.3, -0.25) is 4.79 Å². The lowest BCUT2D eigenvalue weighted by molar-refractivity contribution is 0.0933. The highest BCUT2D eigenvalue weighted by Crippen LogP contribution is 2.28. The average Bonchev–Trinajstić information content (AvgIpc) is 3.32. The lowest BCUT2D eigenvalue weighted by Crippen LogP contribution is -2.28. The van der Waals surface area contributed by atoms with E-state index in [0.29, 0.717) is 12.3 Å². The van der Waals surface area contributed by atoms with Gasteiger partial charge in [-0.1, -0.05) is 30.3 Å². The molecule has 0 spiro atoms. The molecule has 0 aliphatic heterocycles. The van der Waals surface area contributed by atoms with E-state index in [1.165, 1.54) is 0 Å². The van der Waals surface area contributed by atoms with Gasteiger partial charge in [-0.25, -0.2) is 4.68 Å². The van der Waals surface area contributed by atoms with Crippen LogP contribution in [0.5, 0.6) is 5.75 Å². The minimum absolute atomic E-state index is 0.109. The van der Waals surface area contributed by atoms with Gasteiger partial charge in [-0.15, -0.1) is 0 Å². The van der Waals surface area contributed by atoms with Crippen molar-refractivity contribution in [3.05, 3.63) is 77.1 Å². The van der Waals surface area contributed by atoms with Crippen molar-refractivity contribution in [2.45, 2.75) is 39.2 Å². The number of ether oxygens (including phenoxy) is 1. The first kappa shape index (κ1) is 18.3. The minimum Gasteiger partial charge on any atom is -0.494 e. The van der Waals surface area contributed by atoms with E-state index >= 15 is 0 Å². The Kier molecular flexibility index (Phi) is 5.15. The number of amides is 1. The molecule has 0 radical (unpaired) electrons. The number of hydrogen-bond donors (Lipinski definition) is 1. The number of aromatic nitrogens is 2. The summed E-state index contributed by atoms with van der Waals surface area (Å²) in [5.74, 6) is 0.721. The Hall–Kier alpha value is -3.08. The normalized spacial score (nSPS) is 13.8. The van der Waals surface area contributed by atoms with Crippen molar-refractivity contribution in [2.75, 3.05) is 6.61 Å². The Bertz CT molecular complexity index is 962. The molecule has 1 atom stereocenters. The maximum atomic E-state index is 13.0. The van der Waals surface area contributed by atoms with Crippen LogP contribution in [0.3, 0.4) is 0 Å². The van der Waals surface area contributed by atoms with E-state index in [0.717, 1.165) is 47.5 Å². The molecule has 4 rings (SSSR count). The standard InChI is InChI=1S/C23H25N3O2/c1-3-28-19-14-12-17(13-15-19)16(2)24-23(27)22-20-10-7-11-21(20)26(25-22)18-8-5-4-6-9-18/h4-6,8-9,12-16H,3,7,10-11H2,1-2H3,(H,24,27)/t16-/m0/s1. The molecule has 0 saturated carbocycles. The van der Waals surface area contributed by atoms with E-state index in [9.17, 15) is 4.79 Å². The van der Waals surface area contributed by atoms with Crippen molar-refractivity contribution in [3.8, 4) is 11.4 Å². The molecule has 5 heteroatoms. The number of carbonyl (C=O) groups is 1. The highest BCUT2D eigenvalue weighted by molar-refractivity contribution is 5.94. The summed E-state index contributed by atoms with van der Waals surface area (Å²) in [4.78, 5) is 13.0. The van der Waals surface area contributed by atoms with Crippen LogP contribution in [0.25, 0.3) is 5.69 Å². The van der Waals surface area contributed by atoms with Crippen LogP contribution in [0.1, 0.15) is 53.6 Å². The number of fused-ring (bicyclic) bond motifs is 1. The van der Waals surface area contributed by atoms with Gasteiger partial charge in [0.2, 0.25) is 0 Å². The molecule has 144 valence electrons. The number of nitrogens with zero attached hydrogens (tertiary/aromatic N) is 2. The summed E-state index contributed by atoms with van der Waals surface area (Å²) in [6.07, 6.45) is 2.93. The second-order valence-electron chi connectivity index (χ2n) is 7.07. The maximum Gasteiger partial charge on any atom is 0.272 e. The van der Waals surface area contributed by atoms with Crippen molar-refractivity contribution in [1.29, 1.82) is 0 Å². The van der Waals surface area contributed by atoms with Gasteiger partial charge in [0.05, 0.1) is 18.3 Å². The first-order valence-corrected chi connectivity index (χ1v) is 9.87. The molecule has 1 aromatic heterocycles. The Morgan fingerprint density at radius 3 is 2.61 bits per heavy atom. The average molecular weight is 375 g/mol. The molecule has 2 aromatic carbocycles. The summed E-state index contributed by atoms with van der Waals surface area (Å²) in [7, 11) is 0. The fourth-order valence-corrected chi connectivity index (χ4v) is 3.77. The Labute approximate surface area is 165 Å². The fourth-order valence-electron chi connectivity index (χ4n) is 3.77. The third-order valence-electron chi connectivity index (χ3n) is 5.18. The van der Waals surface area contributed by atoms with E-state index in [1.807, 2.05) is 73.1 Å². The molecule has 28 heavy (non-hydrogen) atoms. The molecular formula is C23H25N3O2. The van der Waals surface area contributed by atoms with Gasteiger partial charge in [0.15, 0.2) is 5.69 Å².